The molecule has 39 heavy (non-hydrogen) atoms. The van der Waals surface area contributed by atoms with Crippen LogP contribution in [-0.4, -0.2) is 14.7 Å². The summed E-state index contributed by atoms with van der Waals surface area (Å²) >= 11 is 12.6. The Morgan fingerprint density at radius 1 is 0.846 bits per heavy atom. The lowest BCUT2D eigenvalue weighted by atomic mass is 9.96. The van der Waals surface area contributed by atoms with Crippen LogP contribution < -0.4 is 15.0 Å². The lowest BCUT2D eigenvalue weighted by Gasteiger charge is -2.28. The molecule has 6 rings (SSSR count). The Labute approximate surface area is 238 Å². The average Bonchev–Trinajstić information content (AvgIpc) is 3.45. The fraction of sp³-hybridized carbons (Fsp3) is 0.125. The van der Waals surface area contributed by atoms with E-state index in [4.69, 9.17) is 33.5 Å². The van der Waals surface area contributed by atoms with Crippen LogP contribution in [0.5, 0.6) is 11.5 Å². The van der Waals surface area contributed by atoms with Gasteiger partial charge in [0, 0.05) is 23.3 Å². The van der Waals surface area contributed by atoms with Crippen LogP contribution in [0.1, 0.15) is 34.7 Å². The first kappa shape index (κ1) is 25.2. The second kappa shape index (κ2) is 10.6. The molecule has 7 heteroatoms. The van der Waals surface area contributed by atoms with Gasteiger partial charge in [-0.15, -0.1) is 0 Å². The van der Waals surface area contributed by atoms with E-state index in [1.54, 1.807) is 0 Å². The van der Waals surface area contributed by atoms with Crippen LogP contribution in [0.3, 0.4) is 0 Å². The molecule has 5 nitrogen and oxygen atoms in total. The third kappa shape index (κ3) is 4.78. The predicted molar refractivity (Wildman–Crippen MR) is 161 cm³/mol. The fourth-order valence-corrected chi connectivity index (χ4v) is 5.91. The summed E-state index contributed by atoms with van der Waals surface area (Å²) in [7, 11) is 0. The molecule has 1 aliphatic rings. The maximum atomic E-state index is 6.63. The van der Waals surface area contributed by atoms with Crippen LogP contribution in [0.15, 0.2) is 109 Å². The van der Waals surface area contributed by atoms with Crippen LogP contribution >= 0.6 is 23.8 Å². The molecule has 1 saturated heterocycles. The maximum absolute atomic E-state index is 6.63. The highest BCUT2D eigenvalue weighted by molar-refractivity contribution is 7.80. The molecule has 0 spiro atoms. The molecular weight excluding hydrogens is 524 g/mol. The van der Waals surface area contributed by atoms with E-state index in [1.807, 2.05) is 103 Å². The van der Waals surface area contributed by atoms with Crippen molar-refractivity contribution in [2.75, 3.05) is 4.90 Å². The molecule has 0 bridgehead atoms. The molecule has 3 aromatic carbocycles. The number of nitrogens with one attached hydrogen (secondary N) is 1. The van der Waals surface area contributed by atoms with Crippen molar-refractivity contribution in [3.63, 3.8) is 0 Å². The van der Waals surface area contributed by atoms with Crippen molar-refractivity contribution in [2.24, 2.45) is 0 Å². The van der Waals surface area contributed by atoms with Gasteiger partial charge in [0.2, 0.25) is 0 Å². The minimum Gasteiger partial charge on any atom is -0.457 e. The summed E-state index contributed by atoms with van der Waals surface area (Å²) in [6.07, 6.45) is 1.82. The van der Waals surface area contributed by atoms with Gasteiger partial charge < -0.3 is 19.5 Å². The van der Waals surface area contributed by atoms with Gasteiger partial charge in [-0.3, -0.25) is 4.98 Å². The van der Waals surface area contributed by atoms with E-state index in [1.165, 1.54) is 0 Å². The molecule has 2 atom stereocenters. The Bertz CT molecular complexity index is 1620. The zero-order valence-electron chi connectivity index (χ0n) is 21.6. The highest BCUT2D eigenvalue weighted by Crippen LogP contribution is 2.44. The van der Waals surface area contributed by atoms with E-state index >= 15 is 0 Å². The zero-order chi connectivity index (χ0) is 26.9. The number of anilines is 1. The molecule has 194 valence electrons. The van der Waals surface area contributed by atoms with Crippen molar-refractivity contribution in [1.82, 2.24) is 14.9 Å². The number of thiocarbonyl (C=S) groups is 1. The zero-order valence-corrected chi connectivity index (χ0v) is 23.2. The second-order valence-corrected chi connectivity index (χ2v) is 10.3. The van der Waals surface area contributed by atoms with Crippen molar-refractivity contribution in [3.05, 3.63) is 137 Å². The Kier molecular flexibility index (Phi) is 6.81. The monoisotopic (exact) mass is 550 g/mol. The number of benzene rings is 3. The van der Waals surface area contributed by atoms with Gasteiger partial charge in [0.1, 0.15) is 11.5 Å². The third-order valence-corrected chi connectivity index (χ3v) is 7.71. The smallest absolute Gasteiger partial charge is 0.174 e. The van der Waals surface area contributed by atoms with Crippen LogP contribution in [-0.2, 0) is 0 Å². The second-order valence-electron chi connectivity index (χ2n) is 9.52. The third-order valence-electron chi connectivity index (χ3n) is 7.07. The Hall–Kier alpha value is -4.13. The van der Waals surface area contributed by atoms with Crippen LogP contribution in [0, 0.1) is 13.8 Å². The number of pyridine rings is 1. The van der Waals surface area contributed by atoms with Crippen molar-refractivity contribution in [3.8, 4) is 17.2 Å². The van der Waals surface area contributed by atoms with E-state index in [0.29, 0.717) is 10.1 Å². The summed E-state index contributed by atoms with van der Waals surface area (Å²) in [6, 6.07) is 33.7. The number of para-hydroxylation sites is 2. The highest BCUT2D eigenvalue weighted by Gasteiger charge is 2.42. The van der Waals surface area contributed by atoms with Crippen molar-refractivity contribution in [1.29, 1.82) is 0 Å². The lowest BCUT2D eigenvalue weighted by molar-refractivity contribution is 0.482. The Morgan fingerprint density at radius 2 is 1.54 bits per heavy atom. The quantitative estimate of drug-likeness (QED) is 0.216. The summed E-state index contributed by atoms with van der Waals surface area (Å²) in [5.41, 5.74) is 6.21. The van der Waals surface area contributed by atoms with Gasteiger partial charge in [-0.1, -0.05) is 48.0 Å². The molecule has 3 heterocycles. The summed E-state index contributed by atoms with van der Waals surface area (Å²) in [6.45, 7) is 4.24. The lowest BCUT2D eigenvalue weighted by Crippen LogP contribution is -2.29. The average molecular weight is 551 g/mol. The van der Waals surface area contributed by atoms with Gasteiger partial charge in [-0.25, -0.2) is 0 Å². The largest absolute Gasteiger partial charge is 0.457 e. The molecule has 1 aliphatic heterocycles. The van der Waals surface area contributed by atoms with Crippen LogP contribution in [0.2, 0.25) is 5.02 Å². The first-order chi connectivity index (χ1) is 19.0. The van der Waals surface area contributed by atoms with E-state index in [0.717, 1.165) is 45.5 Å². The molecule has 1 fully saturated rings. The fourth-order valence-electron chi connectivity index (χ4n) is 5.34. The van der Waals surface area contributed by atoms with E-state index in [2.05, 4.69) is 34.7 Å². The van der Waals surface area contributed by atoms with E-state index < -0.39 is 0 Å². The molecule has 0 radical (unpaired) electrons. The van der Waals surface area contributed by atoms with Crippen LogP contribution in [0.25, 0.3) is 5.69 Å². The summed E-state index contributed by atoms with van der Waals surface area (Å²) in [5, 5.41) is 4.91. The molecule has 5 aromatic rings. The minimum absolute atomic E-state index is 0.129. The standard InChI is InChI=1S/C32H27ClN4OS/c1-21-20-26(22(2)36(21)29-14-7-6-12-27(29)33)31-30(28-13-8-9-19-34-28)35-32(39)37(31)23-15-17-25(18-16-23)38-24-10-4-3-5-11-24/h3-20,30-31H,1-2H3,(H,35,39)/t30-,31+/m0/s1. The predicted octanol–water partition coefficient (Wildman–Crippen LogP) is 8.11. The van der Waals surface area contributed by atoms with Gasteiger partial charge >= 0.3 is 0 Å². The molecule has 0 amide bonds. The van der Waals surface area contributed by atoms with Crippen molar-refractivity contribution in [2.45, 2.75) is 25.9 Å². The number of halogens is 1. The number of ether oxygens (including phenoxy) is 1. The van der Waals surface area contributed by atoms with E-state index in [-0.39, 0.29) is 12.1 Å². The topological polar surface area (TPSA) is 42.3 Å². The summed E-state index contributed by atoms with van der Waals surface area (Å²) in [5.74, 6) is 1.56. The first-order valence-electron chi connectivity index (χ1n) is 12.8. The molecule has 2 aromatic heterocycles. The number of aryl methyl sites for hydroxylation is 1. The molecule has 0 aliphatic carbocycles. The Morgan fingerprint density at radius 3 is 2.26 bits per heavy atom. The number of aromatic nitrogens is 2. The number of rotatable bonds is 6. The SMILES string of the molecule is Cc1cc([C@@H]2[C@H](c3ccccn3)NC(=S)N2c2ccc(Oc3ccccc3)cc2)c(C)n1-c1ccccc1Cl. The molecule has 1 N–H and O–H groups in total. The Balaban J connectivity index is 1.43. The highest BCUT2D eigenvalue weighted by atomic mass is 35.5. The molecule has 0 unspecified atom stereocenters. The van der Waals surface area contributed by atoms with Crippen LogP contribution in [0.4, 0.5) is 5.69 Å². The van der Waals surface area contributed by atoms with Gasteiger partial charge in [0.05, 0.1) is 28.5 Å². The van der Waals surface area contributed by atoms with Crippen molar-refractivity contribution < 1.29 is 4.74 Å². The number of nitrogens with zero attached hydrogens (tertiary/aromatic N) is 3. The maximum Gasteiger partial charge on any atom is 0.174 e. The first-order valence-corrected chi connectivity index (χ1v) is 13.6. The van der Waals surface area contributed by atoms with Gasteiger partial charge in [-0.05, 0) is 98.4 Å². The van der Waals surface area contributed by atoms with Gasteiger partial charge in [-0.2, -0.15) is 0 Å². The number of hydrogen-bond acceptors (Lipinski definition) is 3. The van der Waals surface area contributed by atoms with Gasteiger partial charge in [0.25, 0.3) is 0 Å². The molecule has 0 saturated carbocycles. The van der Waals surface area contributed by atoms with Crippen molar-refractivity contribution >= 4 is 34.6 Å². The summed E-state index contributed by atoms with van der Waals surface area (Å²) in [4.78, 5) is 6.87. The summed E-state index contributed by atoms with van der Waals surface area (Å²) < 4.78 is 8.24. The van der Waals surface area contributed by atoms with Gasteiger partial charge in [0.15, 0.2) is 5.11 Å². The number of hydrogen-bond donors (Lipinski definition) is 1. The normalized spacial score (nSPS) is 16.8. The molecular formula is C32H27ClN4OS. The minimum atomic E-state index is -0.140. The van der Waals surface area contributed by atoms with E-state index in [9.17, 15) is 0 Å².